The van der Waals surface area contributed by atoms with Crippen LogP contribution in [0.1, 0.15) is 63.8 Å². The normalized spacial score (nSPS) is 18.6. The molecule has 0 saturated heterocycles. The van der Waals surface area contributed by atoms with Gasteiger partial charge in [0.1, 0.15) is 0 Å². The van der Waals surface area contributed by atoms with Gasteiger partial charge in [0.15, 0.2) is 0 Å². The van der Waals surface area contributed by atoms with Crippen molar-refractivity contribution in [3.05, 3.63) is 17.5 Å². The standard InChI is InChI=1S/C17H32N4/c1-17(2,3)16-14(12-21(5)19-16)15(10-18)20(4)11-13-8-6-7-9-13/h12-13,15H,6-11,18H2,1-5H3. The largest absolute Gasteiger partial charge is 0.329 e. The molecule has 1 aliphatic carbocycles. The van der Waals surface area contributed by atoms with Crippen molar-refractivity contribution < 1.29 is 0 Å². The molecule has 1 fully saturated rings. The van der Waals surface area contributed by atoms with E-state index in [0.29, 0.717) is 6.54 Å². The number of aryl methyl sites for hydroxylation is 1. The second-order valence-electron chi connectivity index (χ2n) is 7.70. The Morgan fingerprint density at radius 1 is 1.38 bits per heavy atom. The van der Waals surface area contributed by atoms with Crippen LogP contribution in [0.25, 0.3) is 0 Å². The molecule has 0 spiro atoms. The molecule has 2 rings (SSSR count). The summed E-state index contributed by atoms with van der Waals surface area (Å²) in [5.74, 6) is 0.846. The van der Waals surface area contributed by atoms with Gasteiger partial charge in [0.05, 0.1) is 11.7 Å². The van der Waals surface area contributed by atoms with Crippen LogP contribution in [0.4, 0.5) is 0 Å². The van der Waals surface area contributed by atoms with E-state index in [0.717, 1.165) is 12.5 Å². The van der Waals surface area contributed by atoms with Gasteiger partial charge < -0.3 is 5.73 Å². The van der Waals surface area contributed by atoms with Crippen LogP contribution in [0.3, 0.4) is 0 Å². The van der Waals surface area contributed by atoms with Crippen molar-refractivity contribution in [2.75, 3.05) is 20.1 Å². The Labute approximate surface area is 129 Å². The van der Waals surface area contributed by atoms with Crippen LogP contribution < -0.4 is 5.73 Å². The summed E-state index contributed by atoms with van der Waals surface area (Å²) in [6.07, 6.45) is 7.70. The average molecular weight is 292 g/mol. The number of rotatable bonds is 5. The third-order valence-electron chi connectivity index (χ3n) is 4.70. The molecule has 1 aromatic rings. The molecule has 1 heterocycles. The summed E-state index contributed by atoms with van der Waals surface area (Å²) in [6, 6.07) is 0.272. The van der Waals surface area contributed by atoms with E-state index in [1.165, 1.54) is 36.9 Å². The van der Waals surface area contributed by atoms with Crippen molar-refractivity contribution in [3.63, 3.8) is 0 Å². The predicted octanol–water partition coefficient (Wildman–Crippen LogP) is 2.84. The molecular formula is C17H32N4. The van der Waals surface area contributed by atoms with Gasteiger partial charge in [-0.1, -0.05) is 33.6 Å². The molecule has 1 saturated carbocycles. The zero-order valence-electron chi connectivity index (χ0n) is 14.4. The summed E-state index contributed by atoms with van der Waals surface area (Å²) in [5, 5.41) is 4.70. The average Bonchev–Trinajstić information content (AvgIpc) is 2.99. The molecule has 4 nitrogen and oxygen atoms in total. The van der Waals surface area contributed by atoms with Gasteiger partial charge in [-0.05, 0) is 25.8 Å². The molecule has 0 bridgehead atoms. The Hall–Kier alpha value is -0.870. The molecule has 120 valence electrons. The molecule has 1 aliphatic rings. The Morgan fingerprint density at radius 3 is 2.52 bits per heavy atom. The highest BCUT2D eigenvalue weighted by atomic mass is 15.3. The lowest BCUT2D eigenvalue weighted by molar-refractivity contribution is 0.210. The van der Waals surface area contributed by atoms with Crippen LogP contribution in [0.2, 0.25) is 0 Å². The minimum Gasteiger partial charge on any atom is -0.329 e. The Bertz CT molecular complexity index is 452. The number of hydrogen-bond donors (Lipinski definition) is 1. The highest BCUT2D eigenvalue weighted by Gasteiger charge is 2.29. The van der Waals surface area contributed by atoms with E-state index in [-0.39, 0.29) is 11.5 Å². The van der Waals surface area contributed by atoms with Crippen molar-refractivity contribution in [1.82, 2.24) is 14.7 Å². The molecule has 0 amide bonds. The summed E-state index contributed by atoms with van der Waals surface area (Å²) in [6.45, 7) is 8.48. The van der Waals surface area contributed by atoms with E-state index in [1.54, 1.807) is 0 Å². The van der Waals surface area contributed by atoms with Crippen molar-refractivity contribution >= 4 is 0 Å². The highest BCUT2D eigenvalue weighted by Crippen LogP contribution is 2.32. The maximum atomic E-state index is 6.12. The summed E-state index contributed by atoms with van der Waals surface area (Å²) in [7, 11) is 4.22. The molecule has 4 heteroatoms. The third kappa shape index (κ3) is 3.86. The molecule has 1 atom stereocenters. The lowest BCUT2D eigenvalue weighted by Gasteiger charge is -2.31. The van der Waals surface area contributed by atoms with Gasteiger partial charge in [0.2, 0.25) is 0 Å². The number of likely N-dealkylation sites (N-methyl/N-ethyl adjacent to an activating group) is 1. The number of aromatic nitrogens is 2. The van der Waals surface area contributed by atoms with Crippen molar-refractivity contribution in [2.45, 2.75) is 57.9 Å². The summed E-state index contributed by atoms with van der Waals surface area (Å²) >= 11 is 0. The van der Waals surface area contributed by atoms with Crippen LogP contribution >= 0.6 is 0 Å². The highest BCUT2D eigenvalue weighted by molar-refractivity contribution is 5.27. The third-order valence-corrected chi connectivity index (χ3v) is 4.70. The smallest absolute Gasteiger partial charge is 0.0726 e. The van der Waals surface area contributed by atoms with Gasteiger partial charge in [-0.25, -0.2) is 0 Å². The topological polar surface area (TPSA) is 47.1 Å². The molecule has 21 heavy (non-hydrogen) atoms. The van der Waals surface area contributed by atoms with Crippen LogP contribution in [0, 0.1) is 5.92 Å². The first-order valence-corrected chi connectivity index (χ1v) is 8.27. The minimum absolute atomic E-state index is 0.0538. The molecule has 0 aliphatic heterocycles. The molecule has 0 aromatic carbocycles. The molecule has 2 N–H and O–H groups in total. The fourth-order valence-corrected chi connectivity index (χ4v) is 3.61. The number of hydrogen-bond acceptors (Lipinski definition) is 3. The van der Waals surface area contributed by atoms with E-state index >= 15 is 0 Å². The van der Waals surface area contributed by atoms with E-state index in [1.807, 2.05) is 11.7 Å². The zero-order chi connectivity index (χ0) is 15.6. The van der Waals surface area contributed by atoms with Crippen molar-refractivity contribution in [3.8, 4) is 0 Å². The first-order chi connectivity index (χ1) is 9.82. The van der Waals surface area contributed by atoms with Crippen LogP contribution in [0.15, 0.2) is 6.20 Å². The molecular weight excluding hydrogens is 260 g/mol. The van der Waals surface area contributed by atoms with Gasteiger partial charge in [-0.2, -0.15) is 5.10 Å². The second kappa shape index (κ2) is 6.49. The van der Waals surface area contributed by atoms with Gasteiger partial charge in [-0.15, -0.1) is 0 Å². The fraction of sp³-hybridized carbons (Fsp3) is 0.824. The second-order valence-corrected chi connectivity index (χ2v) is 7.70. The summed E-state index contributed by atoms with van der Waals surface area (Å²) in [4.78, 5) is 2.45. The quantitative estimate of drug-likeness (QED) is 0.908. The maximum Gasteiger partial charge on any atom is 0.0726 e. The van der Waals surface area contributed by atoms with Gasteiger partial charge in [0, 0.05) is 37.3 Å². The minimum atomic E-state index is 0.0538. The monoisotopic (exact) mass is 292 g/mol. The molecule has 1 unspecified atom stereocenters. The first-order valence-electron chi connectivity index (χ1n) is 8.27. The van der Waals surface area contributed by atoms with E-state index < -0.39 is 0 Å². The lowest BCUT2D eigenvalue weighted by Crippen LogP contribution is -2.35. The molecule has 0 radical (unpaired) electrons. The summed E-state index contributed by atoms with van der Waals surface area (Å²) < 4.78 is 1.93. The van der Waals surface area contributed by atoms with Crippen LogP contribution in [-0.2, 0) is 12.5 Å². The Balaban J connectivity index is 2.20. The van der Waals surface area contributed by atoms with Crippen LogP contribution in [-0.4, -0.2) is 34.8 Å². The first kappa shape index (κ1) is 16.5. The number of nitrogens with two attached hydrogens (primary N) is 1. The molecule has 1 aromatic heterocycles. The van der Waals surface area contributed by atoms with Gasteiger partial charge in [-0.3, -0.25) is 9.58 Å². The van der Waals surface area contributed by atoms with Gasteiger partial charge in [0.25, 0.3) is 0 Å². The summed E-state index contributed by atoms with van der Waals surface area (Å²) in [5.41, 5.74) is 8.65. The predicted molar refractivity (Wildman–Crippen MR) is 88.3 cm³/mol. The van der Waals surface area contributed by atoms with E-state index in [2.05, 4.69) is 38.9 Å². The SMILES string of the molecule is CN(CC1CCCC1)C(CN)c1cn(C)nc1C(C)(C)C. The maximum absolute atomic E-state index is 6.12. The Kier molecular flexibility index (Phi) is 5.10. The van der Waals surface area contributed by atoms with Gasteiger partial charge >= 0.3 is 0 Å². The zero-order valence-corrected chi connectivity index (χ0v) is 14.4. The van der Waals surface area contributed by atoms with E-state index in [4.69, 9.17) is 10.8 Å². The van der Waals surface area contributed by atoms with Crippen LogP contribution in [0.5, 0.6) is 0 Å². The lowest BCUT2D eigenvalue weighted by atomic mass is 9.87. The Morgan fingerprint density at radius 2 is 2.00 bits per heavy atom. The van der Waals surface area contributed by atoms with Crippen molar-refractivity contribution in [2.24, 2.45) is 18.7 Å². The van der Waals surface area contributed by atoms with Crippen molar-refractivity contribution in [1.29, 1.82) is 0 Å². The fourth-order valence-electron chi connectivity index (χ4n) is 3.61. The number of nitrogens with zero attached hydrogens (tertiary/aromatic N) is 3. The van der Waals surface area contributed by atoms with E-state index in [9.17, 15) is 0 Å².